The summed E-state index contributed by atoms with van der Waals surface area (Å²) in [7, 11) is 0. The average Bonchev–Trinajstić information content (AvgIpc) is 2.31. The zero-order valence-corrected chi connectivity index (χ0v) is 10.3. The highest BCUT2D eigenvalue weighted by molar-refractivity contribution is 6.30. The summed E-state index contributed by atoms with van der Waals surface area (Å²) in [6.07, 6.45) is -3.54. The molecule has 1 rings (SSSR count). The first-order chi connectivity index (χ1) is 8.82. The Morgan fingerprint density at radius 2 is 1.79 bits per heavy atom. The number of carboxylic acid groups (broad SMARTS) is 1. The smallest absolute Gasteiger partial charge is 0.341 e. The summed E-state index contributed by atoms with van der Waals surface area (Å²) in [6, 6.07) is 6.20. The van der Waals surface area contributed by atoms with Crippen molar-refractivity contribution in [3.63, 3.8) is 0 Å². The number of aliphatic carboxylic acids is 1. The first-order valence-corrected chi connectivity index (χ1v) is 5.49. The lowest BCUT2D eigenvalue weighted by molar-refractivity contribution is -0.137. The number of ketones is 1. The Bertz CT molecular complexity index is 526. The van der Waals surface area contributed by atoms with E-state index in [1.165, 1.54) is 0 Å². The number of halogens is 3. The number of hydrogen-bond donors (Lipinski definition) is 2. The van der Waals surface area contributed by atoms with Gasteiger partial charge in [-0.1, -0.05) is 23.7 Å². The molecule has 19 heavy (non-hydrogen) atoms. The lowest BCUT2D eigenvalue weighted by Gasteiger charge is -2.07. The van der Waals surface area contributed by atoms with Gasteiger partial charge in [-0.2, -0.15) is 0 Å². The van der Waals surface area contributed by atoms with E-state index in [2.05, 4.69) is 0 Å². The molecule has 0 saturated carbocycles. The van der Waals surface area contributed by atoms with Crippen molar-refractivity contribution >= 4 is 23.4 Å². The minimum Gasteiger partial charge on any atom is -0.477 e. The molecule has 0 unspecified atom stereocenters. The lowest BCUT2D eigenvalue weighted by Crippen LogP contribution is -2.24. The van der Waals surface area contributed by atoms with Gasteiger partial charge in [-0.15, -0.1) is 0 Å². The summed E-state index contributed by atoms with van der Waals surface area (Å²) in [5.74, 6) is -3.56. The Morgan fingerprint density at radius 3 is 2.21 bits per heavy atom. The van der Waals surface area contributed by atoms with Gasteiger partial charge in [0.2, 0.25) is 5.78 Å². The van der Waals surface area contributed by atoms with E-state index < -0.39 is 29.4 Å². The highest BCUT2D eigenvalue weighted by Crippen LogP contribution is 2.15. The van der Waals surface area contributed by atoms with Crippen LogP contribution in [0.5, 0.6) is 0 Å². The molecular formula is C12H10ClF2NO3. The number of rotatable bonds is 5. The van der Waals surface area contributed by atoms with Crippen LogP contribution >= 0.6 is 11.6 Å². The number of hydrogen-bond acceptors (Lipinski definition) is 3. The summed E-state index contributed by atoms with van der Waals surface area (Å²) in [5, 5.41) is 9.24. The second kappa shape index (κ2) is 6.29. The van der Waals surface area contributed by atoms with Gasteiger partial charge in [-0.3, -0.25) is 4.79 Å². The van der Waals surface area contributed by atoms with E-state index in [4.69, 9.17) is 22.4 Å². The maximum absolute atomic E-state index is 12.3. The van der Waals surface area contributed by atoms with E-state index >= 15 is 0 Å². The van der Waals surface area contributed by atoms with Crippen LogP contribution in [0.15, 0.2) is 35.5 Å². The Hall–Kier alpha value is -1.95. The maximum atomic E-state index is 12.3. The Morgan fingerprint density at radius 1 is 1.26 bits per heavy atom. The Labute approximate surface area is 112 Å². The molecule has 0 bridgehead atoms. The van der Waals surface area contributed by atoms with Gasteiger partial charge in [-0.05, 0) is 17.7 Å². The van der Waals surface area contributed by atoms with Crippen molar-refractivity contribution in [1.82, 2.24) is 0 Å². The van der Waals surface area contributed by atoms with E-state index in [-0.39, 0.29) is 6.42 Å². The molecule has 7 heteroatoms. The molecule has 0 saturated heterocycles. The average molecular weight is 290 g/mol. The summed E-state index contributed by atoms with van der Waals surface area (Å²) >= 11 is 5.66. The van der Waals surface area contributed by atoms with Crippen LogP contribution in [0.1, 0.15) is 5.56 Å². The molecule has 0 aliphatic heterocycles. The zero-order valence-electron chi connectivity index (χ0n) is 9.57. The van der Waals surface area contributed by atoms with Gasteiger partial charge in [0.1, 0.15) is 5.57 Å². The number of carbonyl (C=O) groups is 2. The van der Waals surface area contributed by atoms with Crippen molar-refractivity contribution in [1.29, 1.82) is 0 Å². The number of nitrogens with two attached hydrogens (primary N) is 1. The topological polar surface area (TPSA) is 80.4 Å². The second-order valence-electron chi connectivity index (χ2n) is 3.67. The predicted octanol–water partition coefficient (Wildman–Crippen LogP) is 2.01. The van der Waals surface area contributed by atoms with Crippen LogP contribution in [-0.4, -0.2) is 23.3 Å². The van der Waals surface area contributed by atoms with E-state index in [0.717, 1.165) is 0 Å². The van der Waals surface area contributed by atoms with Crippen LogP contribution in [0, 0.1) is 0 Å². The first-order valence-electron chi connectivity index (χ1n) is 5.11. The SMILES string of the molecule is NC(Cc1ccc(Cl)cc1)=C(C(=O)O)C(=O)C(F)F. The minimum atomic E-state index is -3.41. The van der Waals surface area contributed by atoms with Gasteiger partial charge >= 0.3 is 12.4 Å². The van der Waals surface area contributed by atoms with E-state index in [1.807, 2.05) is 0 Å². The molecule has 0 spiro atoms. The Balaban J connectivity index is 3.06. The van der Waals surface area contributed by atoms with Crippen LogP contribution < -0.4 is 5.73 Å². The van der Waals surface area contributed by atoms with Crippen molar-refractivity contribution < 1.29 is 23.5 Å². The van der Waals surface area contributed by atoms with E-state index in [0.29, 0.717) is 10.6 Å². The van der Waals surface area contributed by atoms with Crippen LogP contribution in [0.25, 0.3) is 0 Å². The molecule has 0 amide bonds. The maximum Gasteiger partial charge on any atom is 0.341 e. The number of Topliss-reactive ketones (excluding diaryl/α,β-unsaturated/α-hetero) is 1. The third kappa shape index (κ3) is 4.03. The number of benzene rings is 1. The quantitative estimate of drug-likeness (QED) is 0.494. The molecule has 1 aromatic carbocycles. The van der Waals surface area contributed by atoms with Gasteiger partial charge in [0.25, 0.3) is 0 Å². The van der Waals surface area contributed by atoms with Crippen molar-refractivity contribution in [3.8, 4) is 0 Å². The third-order valence-electron chi connectivity index (χ3n) is 2.29. The van der Waals surface area contributed by atoms with E-state index in [9.17, 15) is 18.4 Å². The summed E-state index contributed by atoms with van der Waals surface area (Å²) in [6.45, 7) is 0. The second-order valence-corrected chi connectivity index (χ2v) is 4.11. The lowest BCUT2D eigenvalue weighted by atomic mass is 10.0. The molecule has 0 heterocycles. The molecule has 0 fully saturated rings. The molecule has 1 aromatic rings. The fourth-order valence-electron chi connectivity index (χ4n) is 1.42. The van der Waals surface area contributed by atoms with Gasteiger partial charge in [0, 0.05) is 17.1 Å². The highest BCUT2D eigenvalue weighted by Gasteiger charge is 2.28. The fraction of sp³-hybridized carbons (Fsp3) is 0.167. The first kappa shape index (κ1) is 15.1. The largest absolute Gasteiger partial charge is 0.477 e. The zero-order chi connectivity index (χ0) is 14.6. The molecule has 102 valence electrons. The van der Waals surface area contributed by atoms with Crippen LogP contribution in [0.2, 0.25) is 5.02 Å². The number of allylic oxidation sites excluding steroid dienone is 1. The van der Waals surface area contributed by atoms with Crippen molar-refractivity contribution in [2.24, 2.45) is 5.73 Å². The van der Waals surface area contributed by atoms with E-state index in [1.54, 1.807) is 24.3 Å². The predicted molar refractivity (Wildman–Crippen MR) is 65.0 cm³/mol. The normalized spacial score (nSPS) is 12.2. The Kier molecular flexibility index (Phi) is 5.00. The number of alkyl halides is 2. The standard InChI is InChI=1S/C12H10ClF2NO3/c13-7-3-1-6(2-4-7)5-8(16)9(12(18)19)10(17)11(14)15/h1-4,11H,5,16H2,(H,18,19). The van der Waals surface area contributed by atoms with Gasteiger partial charge < -0.3 is 10.8 Å². The van der Waals surface area contributed by atoms with Crippen LogP contribution in [0.3, 0.4) is 0 Å². The van der Waals surface area contributed by atoms with Crippen LogP contribution in [0.4, 0.5) is 8.78 Å². The van der Waals surface area contributed by atoms with Crippen molar-refractivity contribution in [2.45, 2.75) is 12.8 Å². The van der Waals surface area contributed by atoms with Gasteiger partial charge in [-0.25, -0.2) is 13.6 Å². The molecule has 0 aromatic heterocycles. The molecule has 0 radical (unpaired) electrons. The highest BCUT2D eigenvalue weighted by atomic mass is 35.5. The van der Waals surface area contributed by atoms with Crippen LogP contribution in [-0.2, 0) is 16.0 Å². The number of carboxylic acids is 1. The number of carbonyl (C=O) groups excluding carboxylic acids is 1. The molecule has 0 atom stereocenters. The van der Waals surface area contributed by atoms with Crippen molar-refractivity contribution in [3.05, 3.63) is 46.1 Å². The summed E-state index contributed by atoms with van der Waals surface area (Å²) < 4.78 is 24.5. The summed E-state index contributed by atoms with van der Waals surface area (Å²) in [4.78, 5) is 21.9. The monoisotopic (exact) mass is 289 g/mol. The fourth-order valence-corrected chi connectivity index (χ4v) is 1.55. The molecular weight excluding hydrogens is 280 g/mol. The summed E-state index contributed by atoms with van der Waals surface area (Å²) in [5.41, 5.74) is 4.50. The molecule has 4 nitrogen and oxygen atoms in total. The molecule has 3 N–H and O–H groups in total. The molecule has 0 aliphatic carbocycles. The van der Waals surface area contributed by atoms with Gasteiger partial charge in [0.15, 0.2) is 0 Å². The molecule has 0 aliphatic rings. The third-order valence-corrected chi connectivity index (χ3v) is 2.54. The van der Waals surface area contributed by atoms with Gasteiger partial charge in [0.05, 0.1) is 0 Å². The van der Waals surface area contributed by atoms with Crippen molar-refractivity contribution in [2.75, 3.05) is 0 Å². The minimum absolute atomic E-state index is 0.128.